The summed E-state index contributed by atoms with van der Waals surface area (Å²) in [5.41, 5.74) is 1.72. The molecular weight excluding hydrogens is 344 g/mol. The van der Waals surface area contributed by atoms with E-state index in [4.69, 9.17) is 4.74 Å². The lowest BCUT2D eigenvalue weighted by Gasteiger charge is -2.03. The number of aromatic amines is 1. The Morgan fingerprint density at radius 1 is 1.17 bits per heavy atom. The van der Waals surface area contributed by atoms with Gasteiger partial charge in [-0.2, -0.15) is 0 Å². The van der Waals surface area contributed by atoms with E-state index < -0.39 is 9.84 Å². The van der Waals surface area contributed by atoms with Crippen LogP contribution in [-0.2, 0) is 9.84 Å². The van der Waals surface area contributed by atoms with Crippen LogP contribution >= 0.6 is 11.8 Å². The van der Waals surface area contributed by atoms with Crippen LogP contribution in [0.1, 0.15) is 6.92 Å². The summed E-state index contributed by atoms with van der Waals surface area (Å²) in [7, 11) is -3.26. The molecule has 0 aliphatic rings. The number of aromatic nitrogens is 2. The fraction of sp³-hybridized carbons (Fsp3) is 0.235. The minimum atomic E-state index is -3.26. The molecule has 7 heteroatoms. The van der Waals surface area contributed by atoms with Crippen molar-refractivity contribution in [1.82, 2.24) is 9.97 Å². The molecule has 0 saturated heterocycles. The Kier molecular flexibility index (Phi) is 5.11. The van der Waals surface area contributed by atoms with Crippen LogP contribution in [0, 0.1) is 0 Å². The first-order valence-corrected chi connectivity index (χ1v) is 10.3. The zero-order valence-corrected chi connectivity index (χ0v) is 14.9. The molecule has 0 fully saturated rings. The van der Waals surface area contributed by atoms with Crippen molar-refractivity contribution >= 4 is 32.6 Å². The molecule has 1 heterocycles. The van der Waals surface area contributed by atoms with E-state index in [1.807, 2.05) is 25.1 Å². The number of hydrogen-bond donors (Lipinski definition) is 1. The SMILES string of the molecule is CCOc1ccc2nc(SCCS(=O)(=O)c3ccccc3)[nH]c2c1. The van der Waals surface area contributed by atoms with Crippen molar-refractivity contribution in [2.75, 3.05) is 18.1 Å². The number of nitrogens with zero attached hydrogens (tertiary/aromatic N) is 1. The molecular formula is C17H18N2O3S2. The van der Waals surface area contributed by atoms with Gasteiger partial charge in [0.15, 0.2) is 15.0 Å². The highest BCUT2D eigenvalue weighted by Gasteiger charge is 2.14. The number of benzene rings is 2. The number of hydrogen-bond acceptors (Lipinski definition) is 5. The fourth-order valence-corrected chi connectivity index (χ4v) is 4.84. The molecule has 2 aromatic carbocycles. The number of imidazole rings is 1. The summed E-state index contributed by atoms with van der Waals surface area (Å²) in [6, 6.07) is 14.2. The largest absolute Gasteiger partial charge is 0.494 e. The third kappa shape index (κ3) is 3.91. The second-order valence-corrected chi connectivity index (χ2v) is 8.33. The summed E-state index contributed by atoms with van der Waals surface area (Å²) in [6.45, 7) is 2.55. The zero-order valence-electron chi connectivity index (χ0n) is 13.2. The van der Waals surface area contributed by atoms with Crippen molar-refractivity contribution in [1.29, 1.82) is 0 Å². The van der Waals surface area contributed by atoms with E-state index in [9.17, 15) is 8.42 Å². The number of sulfone groups is 1. The van der Waals surface area contributed by atoms with Crippen LogP contribution < -0.4 is 4.74 Å². The van der Waals surface area contributed by atoms with Crippen molar-refractivity contribution in [3.05, 3.63) is 48.5 Å². The molecule has 0 radical (unpaired) electrons. The zero-order chi connectivity index (χ0) is 17.0. The van der Waals surface area contributed by atoms with Gasteiger partial charge in [-0.05, 0) is 31.2 Å². The molecule has 1 N–H and O–H groups in total. The Morgan fingerprint density at radius 2 is 1.96 bits per heavy atom. The van der Waals surface area contributed by atoms with Gasteiger partial charge in [0.2, 0.25) is 0 Å². The van der Waals surface area contributed by atoms with E-state index in [2.05, 4.69) is 9.97 Å². The second kappa shape index (κ2) is 7.27. The van der Waals surface area contributed by atoms with Gasteiger partial charge < -0.3 is 9.72 Å². The Labute approximate surface area is 145 Å². The smallest absolute Gasteiger partial charge is 0.179 e. The molecule has 0 atom stereocenters. The van der Waals surface area contributed by atoms with Gasteiger partial charge in [0, 0.05) is 11.8 Å². The van der Waals surface area contributed by atoms with Gasteiger partial charge in [0.1, 0.15) is 5.75 Å². The molecule has 0 aliphatic carbocycles. The lowest BCUT2D eigenvalue weighted by atomic mass is 10.3. The molecule has 0 amide bonds. The first-order chi connectivity index (χ1) is 11.6. The van der Waals surface area contributed by atoms with E-state index in [0.717, 1.165) is 16.8 Å². The van der Waals surface area contributed by atoms with Crippen LogP contribution in [0.25, 0.3) is 11.0 Å². The van der Waals surface area contributed by atoms with Gasteiger partial charge >= 0.3 is 0 Å². The maximum absolute atomic E-state index is 12.3. The van der Waals surface area contributed by atoms with Gasteiger partial charge in [-0.15, -0.1) is 0 Å². The number of rotatable bonds is 7. The quantitative estimate of drug-likeness (QED) is 0.651. The first-order valence-electron chi connectivity index (χ1n) is 7.61. The Morgan fingerprint density at radius 3 is 2.71 bits per heavy atom. The second-order valence-electron chi connectivity index (χ2n) is 5.13. The molecule has 0 unspecified atom stereocenters. The van der Waals surface area contributed by atoms with Crippen molar-refractivity contribution in [3.63, 3.8) is 0 Å². The summed E-state index contributed by atoms with van der Waals surface area (Å²) in [6.07, 6.45) is 0. The van der Waals surface area contributed by atoms with Crippen LogP contribution in [0.15, 0.2) is 58.6 Å². The van der Waals surface area contributed by atoms with Crippen molar-refractivity contribution in [2.45, 2.75) is 17.0 Å². The monoisotopic (exact) mass is 362 g/mol. The van der Waals surface area contributed by atoms with Gasteiger partial charge in [0.25, 0.3) is 0 Å². The number of fused-ring (bicyclic) bond motifs is 1. The lowest BCUT2D eigenvalue weighted by Crippen LogP contribution is -2.08. The van der Waals surface area contributed by atoms with E-state index in [-0.39, 0.29) is 5.75 Å². The normalized spacial score (nSPS) is 11.7. The topological polar surface area (TPSA) is 72.0 Å². The van der Waals surface area contributed by atoms with E-state index >= 15 is 0 Å². The molecule has 0 aliphatic heterocycles. The number of nitrogens with one attached hydrogen (secondary N) is 1. The summed E-state index contributed by atoms with van der Waals surface area (Å²) < 4.78 is 30.0. The molecule has 0 saturated carbocycles. The molecule has 3 aromatic rings. The van der Waals surface area contributed by atoms with Gasteiger partial charge in [-0.1, -0.05) is 30.0 Å². The summed E-state index contributed by atoms with van der Waals surface area (Å²) >= 11 is 1.40. The van der Waals surface area contributed by atoms with Gasteiger partial charge in [-0.3, -0.25) is 0 Å². The molecule has 1 aromatic heterocycles. The van der Waals surface area contributed by atoms with Crippen LogP contribution in [0.2, 0.25) is 0 Å². The predicted octanol–water partition coefficient (Wildman–Crippen LogP) is 3.53. The van der Waals surface area contributed by atoms with E-state index in [1.54, 1.807) is 30.3 Å². The highest BCUT2D eigenvalue weighted by molar-refractivity contribution is 8.00. The third-order valence-corrected chi connectivity index (χ3v) is 6.30. The molecule has 0 spiro atoms. The van der Waals surface area contributed by atoms with Crippen LogP contribution in [0.5, 0.6) is 5.75 Å². The first kappa shape index (κ1) is 16.9. The average Bonchev–Trinajstić information content (AvgIpc) is 2.98. The number of H-pyrrole nitrogens is 1. The Hall–Kier alpha value is -1.99. The average molecular weight is 362 g/mol. The number of ether oxygens (including phenoxy) is 1. The lowest BCUT2D eigenvalue weighted by molar-refractivity contribution is 0.340. The van der Waals surface area contributed by atoms with Crippen LogP contribution in [0.4, 0.5) is 0 Å². The Balaban J connectivity index is 1.65. The molecule has 0 bridgehead atoms. The van der Waals surface area contributed by atoms with Crippen molar-refractivity contribution in [2.24, 2.45) is 0 Å². The minimum Gasteiger partial charge on any atom is -0.494 e. The predicted molar refractivity (Wildman–Crippen MR) is 96.5 cm³/mol. The fourth-order valence-electron chi connectivity index (χ4n) is 2.28. The highest BCUT2D eigenvalue weighted by atomic mass is 32.2. The summed E-state index contributed by atoms with van der Waals surface area (Å²) in [5, 5.41) is 0.710. The van der Waals surface area contributed by atoms with Crippen molar-refractivity contribution < 1.29 is 13.2 Å². The van der Waals surface area contributed by atoms with E-state index in [0.29, 0.717) is 22.4 Å². The molecule has 24 heavy (non-hydrogen) atoms. The van der Waals surface area contributed by atoms with Gasteiger partial charge in [-0.25, -0.2) is 13.4 Å². The third-order valence-electron chi connectivity index (χ3n) is 3.44. The Bertz CT molecular complexity index is 921. The maximum atomic E-state index is 12.3. The standard InChI is InChI=1S/C17H18N2O3S2/c1-2-22-13-8-9-15-16(12-13)19-17(18-15)23-10-11-24(20,21)14-6-4-3-5-7-14/h3-9,12H,2,10-11H2,1H3,(H,18,19). The molecule has 3 rings (SSSR count). The summed E-state index contributed by atoms with van der Waals surface area (Å²) in [5.74, 6) is 1.30. The van der Waals surface area contributed by atoms with Crippen molar-refractivity contribution in [3.8, 4) is 5.75 Å². The van der Waals surface area contributed by atoms with Crippen LogP contribution in [0.3, 0.4) is 0 Å². The summed E-state index contributed by atoms with van der Waals surface area (Å²) in [4.78, 5) is 8.02. The highest BCUT2D eigenvalue weighted by Crippen LogP contribution is 2.24. The van der Waals surface area contributed by atoms with E-state index in [1.165, 1.54) is 11.8 Å². The number of thioether (sulfide) groups is 1. The van der Waals surface area contributed by atoms with Crippen LogP contribution in [-0.4, -0.2) is 36.5 Å². The van der Waals surface area contributed by atoms with Gasteiger partial charge in [0.05, 0.1) is 28.3 Å². The maximum Gasteiger partial charge on any atom is 0.179 e. The minimum absolute atomic E-state index is 0.0723. The molecule has 5 nitrogen and oxygen atoms in total. The molecule has 126 valence electrons.